The van der Waals surface area contributed by atoms with Crippen molar-refractivity contribution in [1.29, 1.82) is 0 Å². The highest BCUT2D eigenvalue weighted by atomic mass is 79.9. The van der Waals surface area contributed by atoms with E-state index in [1.807, 2.05) is 0 Å². The van der Waals surface area contributed by atoms with Gasteiger partial charge in [-0.3, -0.25) is 4.90 Å². The molecular weight excluding hydrogens is 316 g/mol. The Bertz CT molecular complexity index is 383. The van der Waals surface area contributed by atoms with Crippen LogP contribution >= 0.6 is 15.9 Å². The number of hydrogen-bond acceptors (Lipinski definition) is 3. The van der Waals surface area contributed by atoms with E-state index < -0.39 is 0 Å². The summed E-state index contributed by atoms with van der Waals surface area (Å²) in [5.41, 5.74) is 1.40. The summed E-state index contributed by atoms with van der Waals surface area (Å²) < 4.78 is 6.24. The standard InChI is InChI=1S/C16H25BrN2O/c1-20-11-9-18-12-16-4-2-3-10-19(16)13-14-5-7-15(17)8-6-14/h5-8,16,18H,2-4,9-13H2,1H3. The monoisotopic (exact) mass is 340 g/mol. The average Bonchev–Trinajstić information content (AvgIpc) is 2.47. The number of likely N-dealkylation sites (tertiary alicyclic amines) is 1. The number of rotatable bonds is 7. The van der Waals surface area contributed by atoms with Gasteiger partial charge in [0.1, 0.15) is 0 Å². The molecule has 2 rings (SSSR count). The van der Waals surface area contributed by atoms with Crippen LogP contribution in [0.2, 0.25) is 0 Å². The summed E-state index contributed by atoms with van der Waals surface area (Å²) in [6.45, 7) is 5.08. The van der Waals surface area contributed by atoms with Crippen molar-refractivity contribution < 1.29 is 4.74 Å². The molecule has 0 bridgehead atoms. The Kier molecular flexibility index (Phi) is 7.00. The fourth-order valence-corrected chi connectivity index (χ4v) is 3.03. The Labute approximate surface area is 130 Å². The Morgan fingerprint density at radius 2 is 2.10 bits per heavy atom. The molecule has 0 aromatic heterocycles. The van der Waals surface area contributed by atoms with E-state index in [1.54, 1.807) is 7.11 Å². The highest BCUT2D eigenvalue weighted by molar-refractivity contribution is 9.10. The SMILES string of the molecule is COCCNCC1CCCCN1Cc1ccc(Br)cc1. The first-order chi connectivity index (χ1) is 9.79. The van der Waals surface area contributed by atoms with Crippen LogP contribution in [-0.2, 0) is 11.3 Å². The lowest BCUT2D eigenvalue weighted by molar-refractivity contribution is 0.133. The molecule has 0 spiro atoms. The molecule has 1 unspecified atom stereocenters. The quantitative estimate of drug-likeness (QED) is 0.772. The molecule has 1 N–H and O–H groups in total. The van der Waals surface area contributed by atoms with E-state index in [-0.39, 0.29) is 0 Å². The molecule has 0 radical (unpaired) electrons. The number of hydrogen-bond donors (Lipinski definition) is 1. The second-order valence-corrected chi connectivity index (χ2v) is 6.36. The first-order valence-electron chi connectivity index (χ1n) is 7.48. The van der Waals surface area contributed by atoms with Crippen molar-refractivity contribution in [2.75, 3.05) is 33.4 Å². The molecule has 0 amide bonds. The molecule has 112 valence electrons. The van der Waals surface area contributed by atoms with Crippen LogP contribution in [0.1, 0.15) is 24.8 Å². The molecule has 4 heteroatoms. The van der Waals surface area contributed by atoms with Gasteiger partial charge in [0.25, 0.3) is 0 Å². The molecule has 1 aromatic carbocycles. The molecule has 0 aliphatic carbocycles. The van der Waals surface area contributed by atoms with Crippen molar-refractivity contribution in [3.63, 3.8) is 0 Å². The summed E-state index contributed by atoms with van der Waals surface area (Å²) in [5, 5.41) is 3.51. The predicted octanol–water partition coefficient (Wildman–Crippen LogP) is 3.04. The molecular formula is C16H25BrN2O. The van der Waals surface area contributed by atoms with E-state index >= 15 is 0 Å². The van der Waals surface area contributed by atoms with Gasteiger partial charge in [-0.2, -0.15) is 0 Å². The number of nitrogens with zero attached hydrogens (tertiary/aromatic N) is 1. The van der Waals surface area contributed by atoms with Crippen LogP contribution in [0.15, 0.2) is 28.7 Å². The normalized spacial score (nSPS) is 20.2. The van der Waals surface area contributed by atoms with Crippen LogP contribution in [0, 0.1) is 0 Å². The van der Waals surface area contributed by atoms with Gasteiger partial charge in [0.2, 0.25) is 0 Å². The highest BCUT2D eigenvalue weighted by Gasteiger charge is 2.21. The van der Waals surface area contributed by atoms with Crippen molar-refractivity contribution in [2.45, 2.75) is 31.8 Å². The van der Waals surface area contributed by atoms with Gasteiger partial charge in [-0.1, -0.05) is 34.5 Å². The number of ether oxygens (including phenoxy) is 1. The minimum atomic E-state index is 0.657. The van der Waals surface area contributed by atoms with E-state index in [0.29, 0.717) is 6.04 Å². The second kappa shape index (κ2) is 8.78. The molecule has 0 saturated carbocycles. The fraction of sp³-hybridized carbons (Fsp3) is 0.625. The van der Waals surface area contributed by atoms with Crippen LogP contribution in [0.3, 0.4) is 0 Å². The third-order valence-corrected chi connectivity index (χ3v) is 4.44. The zero-order chi connectivity index (χ0) is 14.2. The van der Waals surface area contributed by atoms with Gasteiger partial charge in [-0.15, -0.1) is 0 Å². The van der Waals surface area contributed by atoms with E-state index in [4.69, 9.17) is 4.74 Å². The van der Waals surface area contributed by atoms with E-state index in [9.17, 15) is 0 Å². The minimum Gasteiger partial charge on any atom is -0.383 e. The first-order valence-corrected chi connectivity index (χ1v) is 8.27. The summed E-state index contributed by atoms with van der Waals surface area (Å²) in [4.78, 5) is 2.62. The van der Waals surface area contributed by atoms with Crippen molar-refractivity contribution in [3.8, 4) is 0 Å². The van der Waals surface area contributed by atoms with Crippen molar-refractivity contribution in [3.05, 3.63) is 34.3 Å². The molecule has 1 atom stereocenters. The van der Waals surface area contributed by atoms with Gasteiger partial charge in [-0.05, 0) is 37.1 Å². The molecule has 1 saturated heterocycles. The third kappa shape index (κ3) is 5.17. The van der Waals surface area contributed by atoms with Crippen molar-refractivity contribution in [2.24, 2.45) is 0 Å². The van der Waals surface area contributed by atoms with Crippen molar-refractivity contribution in [1.82, 2.24) is 10.2 Å². The van der Waals surface area contributed by atoms with Gasteiger partial charge in [0.05, 0.1) is 6.61 Å². The second-order valence-electron chi connectivity index (χ2n) is 5.44. The summed E-state index contributed by atoms with van der Waals surface area (Å²) in [6.07, 6.45) is 3.98. The number of benzene rings is 1. The molecule has 1 aliphatic rings. The number of halogens is 1. The zero-order valence-electron chi connectivity index (χ0n) is 12.3. The number of nitrogens with one attached hydrogen (secondary N) is 1. The lowest BCUT2D eigenvalue weighted by Gasteiger charge is -2.36. The van der Waals surface area contributed by atoms with Gasteiger partial charge >= 0.3 is 0 Å². The Morgan fingerprint density at radius 1 is 1.30 bits per heavy atom. The molecule has 1 fully saturated rings. The largest absolute Gasteiger partial charge is 0.383 e. The zero-order valence-corrected chi connectivity index (χ0v) is 13.9. The van der Waals surface area contributed by atoms with Crippen LogP contribution in [0.4, 0.5) is 0 Å². The maximum atomic E-state index is 5.08. The highest BCUT2D eigenvalue weighted by Crippen LogP contribution is 2.20. The minimum absolute atomic E-state index is 0.657. The summed E-state index contributed by atoms with van der Waals surface area (Å²) in [6, 6.07) is 9.35. The van der Waals surface area contributed by atoms with E-state index in [2.05, 4.69) is 50.4 Å². The number of methoxy groups -OCH3 is 1. The Hall–Kier alpha value is -0.420. The van der Waals surface area contributed by atoms with Crippen LogP contribution < -0.4 is 5.32 Å². The predicted molar refractivity (Wildman–Crippen MR) is 86.9 cm³/mol. The van der Waals surface area contributed by atoms with Gasteiger partial charge < -0.3 is 10.1 Å². The average molecular weight is 341 g/mol. The Morgan fingerprint density at radius 3 is 2.85 bits per heavy atom. The molecule has 20 heavy (non-hydrogen) atoms. The Balaban J connectivity index is 1.84. The van der Waals surface area contributed by atoms with Crippen LogP contribution in [0.5, 0.6) is 0 Å². The topological polar surface area (TPSA) is 24.5 Å². The van der Waals surface area contributed by atoms with Crippen molar-refractivity contribution >= 4 is 15.9 Å². The van der Waals surface area contributed by atoms with Gasteiger partial charge in [-0.25, -0.2) is 0 Å². The van der Waals surface area contributed by atoms with Gasteiger partial charge in [0.15, 0.2) is 0 Å². The summed E-state index contributed by atoms with van der Waals surface area (Å²) >= 11 is 3.50. The maximum absolute atomic E-state index is 5.08. The summed E-state index contributed by atoms with van der Waals surface area (Å²) in [7, 11) is 1.75. The lowest BCUT2D eigenvalue weighted by atomic mass is 10.0. The molecule has 1 aromatic rings. The van der Waals surface area contributed by atoms with Gasteiger partial charge in [0, 0.05) is 37.3 Å². The van der Waals surface area contributed by atoms with Crippen LogP contribution in [-0.4, -0.2) is 44.3 Å². The smallest absolute Gasteiger partial charge is 0.0587 e. The number of piperidine rings is 1. The van der Waals surface area contributed by atoms with E-state index in [0.717, 1.165) is 30.7 Å². The van der Waals surface area contributed by atoms with Crippen LogP contribution in [0.25, 0.3) is 0 Å². The molecule has 1 heterocycles. The summed E-state index contributed by atoms with van der Waals surface area (Å²) in [5.74, 6) is 0. The fourth-order valence-electron chi connectivity index (χ4n) is 2.77. The maximum Gasteiger partial charge on any atom is 0.0587 e. The lowest BCUT2D eigenvalue weighted by Crippen LogP contribution is -2.45. The third-order valence-electron chi connectivity index (χ3n) is 3.91. The first kappa shape index (κ1) is 16.0. The molecule has 3 nitrogen and oxygen atoms in total. The van der Waals surface area contributed by atoms with E-state index in [1.165, 1.54) is 31.4 Å². The molecule has 1 aliphatic heterocycles.